The number of carbonyl (C=O) groups excluding carboxylic acids is 2. The van der Waals surface area contributed by atoms with Gasteiger partial charge in [0.05, 0.1) is 28.8 Å². The van der Waals surface area contributed by atoms with Crippen molar-refractivity contribution >= 4 is 23.7 Å². The number of aromatic nitrogens is 2. The number of carboxylic acids is 1. The molecule has 0 aliphatic heterocycles. The summed E-state index contributed by atoms with van der Waals surface area (Å²) < 4.78 is 5.65. The molecule has 9 heteroatoms. The summed E-state index contributed by atoms with van der Waals surface area (Å²) in [5.41, 5.74) is 6.06. The summed E-state index contributed by atoms with van der Waals surface area (Å²) in [6, 6.07) is 21.8. The number of ether oxygens (including phenoxy) is 1. The summed E-state index contributed by atoms with van der Waals surface area (Å²) in [6.07, 6.45) is 2.51. The number of nitrogens with one attached hydrogen (secondary N) is 2. The van der Waals surface area contributed by atoms with Gasteiger partial charge in [-0.3, -0.25) is 14.8 Å². The Kier molecular flexibility index (Phi) is 8.05. The van der Waals surface area contributed by atoms with Crippen molar-refractivity contribution in [3.05, 3.63) is 102 Å². The van der Waals surface area contributed by atoms with E-state index in [9.17, 15) is 14.4 Å². The molecule has 0 saturated carbocycles. The second kappa shape index (κ2) is 12.0. The number of alkyl carbamates (subject to hydrolysis) is 1. The van der Waals surface area contributed by atoms with Crippen LogP contribution in [0.1, 0.15) is 47.7 Å². The van der Waals surface area contributed by atoms with E-state index in [1.165, 1.54) is 18.5 Å². The molecule has 2 heterocycles. The van der Waals surface area contributed by atoms with E-state index in [0.29, 0.717) is 23.5 Å². The number of nitrogens with zero attached hydrogens (tertiary/aromatic N) is 2. The monoisotopic (exact) mass is 550 g/mol. The van der Waals surface area contributed by atoms with Crippen LogP contribution in [-0.2, 0) is 9.53 Å². The van der Waals surface area contributed by atoms with E-state index < -0.39 is 18.1 Å². The number of rotatable bonds is 9. The van der Waals surface area contributed by atoms with Crippen LogP contribution in [0, 0.1) is 5.92 Å². The van der Waals surface area contributed by atoms with Crippen molar-refractivity contribution in [2.75, 3.05) is 11.9 Å². The smallest absolute Gasteiger partial charge is 0.407 e. The topological polar surface area (TPSA) is 131 Å². The van der Waals surface area contributed by atoms with Gasteiger partial charge in [0.15, 0.2) is 0 Å². The lowest BCUT2D eigenvalue weighted by Crippen LogP contribution is -2.45. The Hall–Kier alpha value is -5.05. The molecule has 1 aliphatic carbocycles. The molecule has 0 radical (unpaired) electrons. The molecule has 2 aromatic carbocycles. The second-order valence-corrected chi connectivity index (χ2v) is 10.3. The number of pyridine rings is 2. The van der Waals surface area contributed by atoms with Crippen molar-refractivity contribution < 1.29 is 24.2 Å². The molecule has 1 aliphatic rings. The molecular formula is C32H30N4O5. The van der Waals surface area contributed by atoms with Crippen molar-refractivity contribution in [2.24, 2.45) is 5.92 Å². The summed E-state index contributed by atoms with van der Waals surface area (Å²) in [5, 5.41) is 14.6. The number of carbonyl (C=O) groups is 3. The minimum absolute atomic E-state index is 0.0788. The van der Waals surface area contributed by atoms with Crippen molar-refractivity contribution in [3.8, 4) is 22.5 Å². The van der Waals surface area contributed by atoms with Crippen LogP contribution in [0.4, 0.5) is 10.5 Å². The quantitative estimate of drug-likeness (QED) is 0.242. The first-order chi connectivity index (χ1) is 19.8. The standard InChI is InChI=1S/C32H30N4O5/c1-19(2)15-29(30(37)35-21-12-14-28(34-17-21)27-13-11-20(16-33-27)31(38)39)36-32(40)41-18-26-24-9-5-3-7-22(24)23-8-4-6-10-25(23)26/h3-14,16-17,19,26,29H,15,18H2,1-2H3,(H,35,37)(H,36,40)(H,38,39)/t29-/m0/s1. The molecule has 2 amide bonds. The van der Waals surface area contributed by atoms with Crippen molar-refractivity contribution in [2.45, 2.75) is 32.2 Å². The maximum Gasteiger partial charge on any atom is 0.407 e. The molecule has 0 unspecified atom stereocenters. The zero-order valence-corrected chi connectivity index (χ0v) is 22.7. The van der Waals surface area contributed by atoms with Gasteiger partial charge in [-0.25, -0.2) is 9.59 Å². The lowest BCUT2D eigenvalue weighted by Gasteiger charge is -2.21. The molecule has 2 aromatic heterocycles. The second-order valence-electron chi connectivity index (χ2n) is 10.3. The van der Waals surface area contributed by atoms with Gasteiger partial charge < -0.3 is 20.5 Å². The van der Waals surface area contributed by atoms with E-state index in [4.69, 9.17) is 9.84 Å². The van der Waals surface area contributed by atoms with Crippen molar-refractivity contribution in [1.82, 2.24) is 15.3 Å². The first-order valence-corrected chi connectivity index (χ1v) is 13.4. The third-order valence-electron chi connectivity index (χ3n) is 6.96. The minimum atomic E-state index is -1.06. The zero-order valence-electron chi connectivity index (χ0n) is 22.7. The van der Waals surface area contributed by atoms with E-state index in [1.54, 1.807) is 18.2 Å². The average Bonchev–Trinajstić information content (AvgIpc) is 3.29. The highest BCUT2D eigenvalue weighted by Crippen LogP contribution is 2.44. The number of benzene rings is 2. The molecule has 0 fully saturated rings. The molecule has 208 valence electrons. The summed E-state index contributed by atoms with van der Waals surface area (Å²) in [6.45, 7) is 4.10. The highest BCUT2D eigenvalue weighted by Gasteiger charge is 2.30. The maximum atomic E-state index is 13.2. The molecule has 5 rings (SSSR count). The van der Waals surface area contributed by atoms with Gasteiger partial charge in [-0.1, -0.05) is 62.4 Å². The van der Waals surface area contributed by atoms with Crippen LogP contribution in [0.2, 0.25) is 0 Å². The van der Waals surface area contributed by atoms with E-state index in [-0.39, 0.29) is 29.9 Å². The highest BCUT2D eigenvalue weighted by atomic mass is 16.5. The zero-order chi connectivity index (χ0) is 28.9. The number of fused-ring (bicyclic) bond motifs is 3. The molecule has 0 bridgehead atoms. The fourth-order valence-corrected chi connectivity index (χ4v) is 5.01. The largest absolute Gasteiger partial charge is 0.478 e. The van der Waals surface area contributed by atoms with Gasteiger partial charge in [0.25, 0.3) is 0 Å². The van der Waals surface area contributed by atoms with Gasteiger partial charge in [-0.05, 0) is 58.9 Å². The van der Waals surface area contributed by atoms with Crippen LogP contribution in [-0.4, -0.2) is 45.7 Å². The molecule has 41 heavy (non-hydrogen) atoms. The number of hydrogen-bond donors (Lipinski definition) is 3. The summed E-state index contributed by atoms with van der Waals surface area (Å²) in [7, 11) is 0. The van der Waals surface area contributed by atoms with E-state index in [1.807, 2.05) is 38.1 Å². The Labute approximate surface area is 237 Å². The first-order valence-electron chi connectivity index (χ1n) is 13.4. The Morgan fingerprint density at radius 3 is 2.00 bits per heavy atom. The molecule has 4 aromatic rings. The first kappa shape index (κ1) is 27.5. The SMILES string of the molecule is CC(C)C[C@H](NC(=O)OCC1c2ccccc2-c2ccccc21)C(=O)Nc1ccc(-c2ccc(C(=O)O)cn2)nc1. The highest BCUT2D eigenvalue weighted by molar-refractivity contribution is 5.96. The van der Waals surface area contributed by atoms with Crippen LogP contribution >= 0.6 is 0 Å². The molecule has 3 N–H and O–H groups in total. The normalized spacial score (nSPS) is 12.8. The molecule has 1 atom stereocenters. The van der Waals surface area contributed by atoms with Gasteiger partial charge >= 0.3 is 12.1 Å². The Morgan fingerprint density at radius 2 is 1.46 bits per heavy atom. The predicted molar refractivity (Wildman–Crippen MR) is 155 cm³/mol. The Bertz CT molecular complexity index is 1520. The number of aromatic carboxylic acids is 1. The van der Waals surface area contributed by atoms with Gasteiger partial charge in [-0.15, -0.1) is 0 Å². The van der Waals surface area contributed by atoms with Crippen molar-refractivity contribution in [1.29, 1.82) is 0 Å². The Balaban J connectivity index is 1.21. The predicted octanol–water partition coefficient (Wildman–Crippen LogP) is 5.73. The van der Waals surface area contributed by atoms with Gasteiger partial charge in [0, 0.05) is 12.1 Å². The fourth-order valence-electron chi connectivity index (χ4n) is 5.01. The number of hydrogen-bond acceptors (Lipinski definition) is 6. The number of carboxylic acid groups (broad SMARTS) is 1. The van der Waals surface area contributed by atoms with E-state index in [2.05, 4.69) is 44.9 Å². The average molecular weight is 551 g/mol. The van der Waals surface area contributed by atoms with E-state index >= 15 is 0 Å². The number of anilines is 1. The van der Waals surface area contributed by atoms with Gasteiger partial charge in [0.2, 0.25) is 5.91 Å². The minimum Gasteiger partial charge on any atom is -0.478 e. The third kappa shape index (κ3) is 6.24. The molecule has 0 spiro atoms. The van der Waals surface area contributed by atoms with Crippen LogP contribution in [0.15, 0.2) is 85.2 Å². The fraction of sp³-hybridized carbons (Fsp3) is 0.219. The maximum absolute atomic E-state index is 13.2. The lowest BCUT2D eigenvalue weighted by molar-refractivity contribution is -0.118. The molecular weight excluding hydrogens is 520 g/mol. The van der Waals surface area contributed by atoms with Crippen LogP contribution in [0.3, 0.4) is 0 Å². The Morgan fingerprint density at radius 1 is 0.854 bits per heavy atom. The summed E-state index contributed by atoms with van der Waals surface area (Å²) in [4.78, 5) is 45.5. The third-order valence-corrected chi connectivity index (χ3v) is 6.96. The molecule has 9 nitrogen and oxygen atoms in total. The van der Waals surface area contributed by atoms with Gasteiger partial charge in [-0.2, -0.15) is 0 Å². The summed E-state index contributed by atoms with van der Waals surface area (Å²) >= 11 is 0. The van der Waals surface area contributed by atoms with Gasteiger partial charge in [0.1, 0.15) is 12.6 Å². The lowest BCUT2D eigenvalue weighted by atomic mass is 9.98. The van der Waals surface area contributed by atoms with Crippen LogP contribution < -0.4 is 10.6 Å². The van der Waals surface area contributed by atoms with Crippen molar-refractivity contribution in [3.63, 3.8) is 0 Å². The summed E-state index contributed by atoms with van der Waals surface area (Å²) in [5.74, 6) is -1.38. The van der Waals surface area contributed by atoms with Crippen LogP contribution in [0.5, 0.6) is 0 Å². The number of amides is 2. The molecule has 0 saturated heterocycles. The van der Waals surface area contributed by atoms with E-state index in [0.717, 1.165) is 22.3 Å². The van der Waals surface area contributed by atoms with Crippen LogP contribution in [0.25, 0.3) is 22.5 Å².